The zero-order valence-electron chi connectivity index (χ0n) is 18.2. The van der Waals surface area contributed by atoms with E-state index in [1.54, 1.807) is 30.3 Å². The highest BCUT2D eigenvalue weighted by molar-refractivity contribution is 6.32. The van der Waals surface area contributed by atoms with Gasteiger partial charge in [0.1, 0.15) is 10.9 Å². The SMILES string of the molecule is O=C(CN1CCOCC1)Nc1nc(-c2ccccc2O)cc(-c2cc3ccccc3nc2Cl)n1. The van der Waals surface area contributed by atoms with Crippen molar-refractivity contribution in [1.82, 2.24) is 19.9 Å². The number of benzene rings is 2. The van der Waals surface area contributed by atoms with Crippen molar-refractivity contribution in [2.24, 2.45) is 0 Å². The number of nitrogens with zero attached hydrogens (tertiary/aromatic N) is 4. The summed E-state index contributed by atoms with van der Waals surface area (Å²) in [7, 11) is 0. The number of aromatic nitrogens is 3. The van der Waals surface area contributed by atoms with Gasteiger partial charge in [0.2, 0.25) is 11.9 Å². The summed E-state index contributed by atoms with van der Waals surface area (Å²) >= 11 is 6.53. The summed E-state index contributed by atoms with van der Waals surface area (Å²) in [6, 6.07) is 18.1. The minimum atomic E-state index is -0.231. The first kappa shape index (κ1) is 22.2. The van der Waals surface area contributed by atoms with Gasteiger partial charge in [0, 0.05) is 29.6 Å². The minimum Gasteiger partial charge on any atom is -0.507 e. The van der Waals surface area contributed by atoms with Crippen LogP contribution in [-0.4, -0.2) is 63.7 Å². The molecule has 3 heterocycles. The number of para-hydroxylation sites is 2. The van der Waals surface area contributed by atoms with E-state index in [2.05, 4.69) is 20.3 Å². The second-order valence-corrected chi connectivity index (χ2v) is 8.29. The molecule has 0 radical (unpaired) electrons. The molecule has 8 nitrogen and oxygen atoms in total. The quantitative estimate of drug-likeness (QED) is 0.421. The number of carbonyl (C=O) groups excluding carboxylic acids is 1. The van der Waals surface area contributed by atoms with Gasteiger partial charge < -0.3 is 9.84 Å². The maximum atomic E-state index is 12.7. The smallest absolute Gasteiger partial charge is 0.240 e. The van der Waals surface area contributed by atoms with Gasteiger partial charge in [-0.15, -0.1) is 0 Å². The van der Waals surface area contributed by atoms with Crippen LogP contribution >= 0.6 is 11.6 Å². The number of carbonyl (C=O) groups is 1. The van der Waals surface area contributed by atoms with Crippen LogP contribution in [0.3, 0.4) is 0 Å². The number of morpholine rings is 1. The van der Waals surface area contributed by atoms with E-state index in [-0.39, 0.29) is 29.3 Å². The zero-order chi connectivity index (χ0) is 23.5. The molecule has 0 unspecified atom stereocenters. The van der Waals surface area contributed by atoms with E-state index < -0.39 is 0 Å². The summed E-state index contributed by atoms with van der Waals surface area (Å²) in [6.07, 6.45) is 0. The van der Waals surface area contributed by atoms with Crippen molar-refractivity contribution in [2.45, 2.75) is 0 Å². The molecule has 1 fully saturated rings. The molecule has 1 amide bonds. The third kappa shape index (κ3) is 4.84. The van der Waals surface area contributed by atoms with Gasteiger partial charge in [-0.2, -0.15) is 0 Å². The number of hydrogen-bond donors (Lipinski definition) is 2. The van der Waals surface area contributed by atoms with Crippen LogP contribution in [0, 0.1) is 0 Å². The molecule has 1 saturated heterocycles. The van der Waals surface area contributed by atoms with Crippen LogP contribution < -0.4 is 5.32 Å². The molecule has 9 heteroatoms. The molecule has 172 valence electrons. The number of halogens is 1. The molecular weight excluding hydrogens is 454 g/mol. The number of phenolic OH excluding ortho intramolecular Hbond substituents is 1. The van der Waals surface area contributed by atoms with Gasteiger partial charge in [-0.25, -0.2) is 15.0 Å². The molecule has 1 aliphatic heterocycles. The lowest BCUT2D eigenvalue weighted by molar-refractivity contribution is -0.118. The van der Waals surface area contributed by atoms with Crippen LogP contribution in [0.4, 0.5) is 5.95 Å². The molecule has 0 aliphatic carbocycles. The molecule has 2 N–H and O–H groups in total. The fourth-order valence-electron chi connectivity index (χ4n) is 3.87. The third-order valence-corrected chi connectivity index (χ3v) is 5.87. The lowest BCUT2D eigenvalue weighted by atomic mass is 10.1. The number of fused-ring (bicyclic) bond motifs is 1. The third-order valence-electron chi connectivity index (χ3n) is 5.58. The summed E-state index contributed by atoms with van der Waals surface area (Å²) in [4.78, 5) is 28.3. The molecule has 5 rings (SSSR count). The van der Waals surface area contributed by atoms with Crippen LogP contribution in [0.25, 0.3) is 33.4 Å². The van der Waals surface area contributed by atoms with Crippen molar-refractivity contribution in [1.29, 1.82) is 0 Å². The highest BCUT2D eigenvalue weighted by atomic mass is 35.5. The van der Waals surface area contributed by atoms with Crippen LogP contribution in [0.15, 0.2) is 60.7 Å². The highest BCUT2D eigenvalue weighted by Crippen LogP contribution is 2.34. The average molecular weight is 476 g/mol. The second kappa shape index (κ2) is 9.72. The van der Waals surface area contributed by atoms with E-state index in [4.69, 9.17) is 16.3 Å². The van der Waals surface area contributed by atoms with Crippen LogP contribution in [0.1, 0.15) is 0 Å². The van der Waals surface area contributed by atoms with Crippen molar-refractivity contribution < 1.29 is 14.6 Å². The maximum absolute atomic E-state index is 12.7. The second-order valence-electron chi connectivity index (χ2n) is 7.94. The van der Waals surface area contributed by atoms with Gasteiger partial charge in [-0.1, -0.05) is 41.9 Å². The van der Waals surface area contributed by atoms with E-state index in [0.29, 0.717) is 48.8 Å². The number of ether oxygens (including phenoxy) is 1. The molecule has 4 aromatic rings. The van der Waals surface area contributed by atoms with Gasteiger partial charge in [-0.05, 0) is 30.3 Å². The Morgan fingerprint density at radius 2 is 1.68 bits per heavy atom. The van der Waals surface area contributed by atoms with Gasteiger partial charge in [-0.3, -0.25) is 15.0 Å². The highest BCUT2D eigenvalue weighted by Gasteiger charge is 2.18. The Hall–Kier alpha value is -3.59. The summed E-state index contributed by atoms with van der Waals surface area (Å²) in [5.41, 5.74) is 2.82. The molecule has 2 aromatic carbocycles. The molecule has 34 heavy (non-hydrogen) atoms. The lowest BCUT2D eigenvalue weighted by Gasteiger charge is -2.25. The Bertz CT molecular complexity index is 1360. The predicted molar refractivity (Wildman–Crippen MR) is 131 cm³/mol. The number of aromatic hydroxyl groups is 1. The minimum absolute atomic E-state index is 0.0699. The monoisotopic (exact) mass is 475 g/mol. The Morgan fingerprint density at radius 1 is 0.971 bits per heavy atom. The summed E-state index contributed by atoms with van der Waals surface area (Å²) in [5.74, 6) is -0.0382. The Balaban J connectivity index is 1.55. The van der Waals surface area contributed by atoms with Gasteiger partial charge in [0.25, 0.3) is 0 Å². The normalized spacial score (nSPS) is 14.3. The number of pyridine rings is 1. The Labute approximate surface area is 201 Å². The average Bonchev–Trinajstić information content (AvgIpc) is 2.84. The van der Waals surface area contributed by atoms with E-state index in [9.17, 15) is 9.90 Å². The molecule has 1 aliphatic rings. The largest absolute Gasteiger partial charge is 0.507 e. The molecule has 0 atom stereocenters. The van der Waals surface area contributed by atoms with Gasteiger partial charge >= 0.3 is 0 Å². The number of amides is 1. The molecule has 0 bridgehead atoms. The van der Waals surface area contributed by atoms with Gasteiger partial charge in [0.05, 0.1) is 36.7 Å². The first-order valence-corrected chi connectivity index (χ1v) is 11.3. The standard InChI is InChI=1S/C25H22ClN5O3/c26-24-18(13-16-5-1-3-7-19(16)27-24)21-14-20(17-6-2-4-8-22(17)32)28-25(29-21)30-23(33)15-31-9-11-34-12-10-31/h1-8,13-14,32H,9-12,15H2,(H,28,29,30,33). The van der Waals surface area contributed by atoms with E-state index in [1.807, 2.05) is 35.2 Å². The first-order valence-electron chi connectivity index (χ1n) is 10.9. The molecule has 0 spiro atoms. The Morgan fingerprint density at radius 3 is 2.47 bits per heavy atom. The fourth-order valence-corrected chi connectivity index (χ4v) is 4.11. The van der Waals surface area contributed by atoms with Crippen LogP contribution in [0.5, 0.6) is 5.75 Å². The number of phenols is 1. The topological polar surface area (TPSA) is 100 Å². The van der Waals surface area contributed by atoms with Crippen molar-refractivity contribution in [3.05, 3.63) is 65.8 Å². The van der Waals surface area contributed by atoms with Crippen molar-refractivity contribution in [3.63, 3.8) is 0 Å². The number of anilines is 1. The summed E-state index contributed by atoms with van der Waals surface area (Å²) in [6.45, 7) is 2.79. The van der Waals surface area contributed by atoms with Crippen LogP contribution in [-0.2, 0) is 9.53 Å². The molecule has 0 saturated carbocycles. The van der Waals surface area contributed by atoms with E-state index in [0.717, 1.165) is 10.9 Å². The zero-order valence-corrected chi connectivity index (χ0v) is 19.0. The van der Waals surface area contributed by atoms with Crippen molar-refractivity contribution >= 4 is 34.4 Å². The van der Waals surface area contributed by atoms with Crippen molar-refractivity contribution in [2.75, 3.05) is 38.2 Å². The van der Waals surface area contributed by atoms with E-state index in [1.165, 1.54) is 0 Å². The lowest BCUT2D eigenvalue weighted by Crippen LogP contribution is -2.41. The van der Waals surface area contributed by atoms with Gasteiger partial charge in [0.15, 0.2) is 0 Å². The molecular formula is C25H22ClN5O3. The summed E-state index contributed by atoms with van der Waals surface area (Å²) < 4.78 is 5.34. The Kier molecular flexibility index (Phi) is 6.35. The maximum Gasteiger partial charge on any atom is 0.240 e. The number of rotatable bonds is 5. The first-order chi connectivity index (χ1) is 16.6. The fraction of sp³-hybridized carbons (Fsp3) is 0.200. The number of hydrogen-bond acceptors (Lipinski definition) is 7. The van der Waals surface area contributed by atoms with E-state index >= 15 is 0 Å². The summed E-state index contributed by atoms with van der Waals surface area (Å²) in [5, 5.41) is 14.4. The number of nitrogens with one attached hydrogen (secondary N) is 1. The molecule has 2 aromatic heterocycles. The predicted octanol–water partition coefficient (Wildman–Crippen LogP) is 3.99. The van der Waals surface area contributed by atoms with Crippen molar-refractivity contribution in [3.8, 4) is 28.3 Å². The van der Waals surface area contributed by atoms with Crippen LogP contribution in [0.2, 0.25) is 5.15 Å².